The maximum Gasteiger partial charge on any atom is 0.247 e. The summed E-state index contributed by atoms with van der Waals surface area (Å²) in [7, 11) is 0. The van der Waals surface area contributed by atoms with Crippen LogP contribution in [0.2, 0.25) is 0 Å². The summed E-state index contributed by atoms with van der Waals surface area (Å²) < 4.78 is 0. The van der Waals surface area contributed by atoms with E-state index >= 15 is 0 Å². The minimum Gasteiger partial charge on any atom is -0.508 e. The van der Waals surface area contributed by atoms with Gasteiger partial charge in [-0.25, -0.2) is 0 Å². The first-order valence-electron chi connectivity index (χ1n) is 14.7. The molecule has 1 aliphatic rings. The van der Waals surface area contributed by atoms with E-state index in [1.807, 2.05) is 86.6 Å². The number of aromatic hydroxyl groups is 1. The van der Waals surface area contributed by atoms with Gasteiger partial charge in [0.25, 0.3) is 0 Å². The Morgan fingerprint density at radius 1 is 0.930 bits per heavy atom. The van der Waals surface area contributed by atoms with Crippen LogP contribution in [0.1, 0.15) is 35.1 Å². The minimum absolute atomic E-state index is 0.171. The summed E-state index contributed by atoms with van der Waals surface area (Å²) in [5.74, 6) is -0.836. The molecule has 0 aromatic heterocycles. The third-order valence-corrected chi connectivity index (χ3v) is 8.22. The van der Waals surface area contributed by atoms with Crippen molar-refractivity contribution in [1.29, 1.82) is 0 Å². The fraction of sp³-hybridized carbons (Fsp3) is 0.286. The van der Waals surface area contributed by atoms with E-state index in [1.54, 1.807) is 17.0 Å². The summed E-state index contributed by atoms with van der Waals surface area (Å²) in [5.41, 5.74) is 10.6. The molecule has 8 heteroatoms. The Kier molecular flexibility index (Phi) is 9.07. The van der Waals surface area contributed by atoms with Gasteiger partial charge in [-0.1, -0.05) is 66.7 Å². The number of benzene rings is 4. The molecule has 8 nitrogen and oxygen atoms in total. The fourth-order valence-corrected chi connectivity index (χ4v) is 6.00. The molecule has 1 heterocycles. The normalized spacial score (nSPS) is 16.1. The topological polar surface area (TPSA) is 125 Å². The van der Waals surface area contributed by atoms with Crippen molar-refractivity contribution in [3.8, 4) is 5.75 Å². The van der Waals surface area contributed by atoms with E-state index in [4.69, 9.17) is 5.73 Å². The van der Waals surface area contributed by atoms with Crippen molar-refractivity contribution in [3.05, 3.63) is 107 Å². The number of amides is 3. The molecule has 0 saturated carbocycles. The zero-order chi connectivity index (χ0) is 30.5. The van der Waals surface area contributed by atoms with Gasteiger partial charge >= 0.3 is 0 Å². The number of hydrogen-bond donors (Lipinski definition) is 4. The largest absolute Gasteiger partial charge is 0.508 e. The smallest absolute Gasteiger partial charge is 0.247 e. The minimum atomic E-state index is -0.859. The van der Waals surface area contributed by atoms with Crippen molar-refractivity contribution in [2.75, 3.05) is 11.9 Å². The van der Waals surface area contributed by atoms with Gasteiger partial charge in [-0.15, -0.1) is 0 Å². The molecule has 1 aliphatic heterocycles. The van der Waals surface area contributed by atoms with Crippen LogP contribution in [-0.2, 0) is 27.2 Å². The average molecular weight is 579 g/mol. The average Bonchev–Trinajstić information content (AvgIpc) is 3.49. The number of aryl methyl sites for hydroxylation is 2. The highest BCUT2D eigenvalue weighted by molar-refractivity contribution is 6.05. The highest BCUT2D eigenvalue weighted by Gasteiger charge is 2.38. The summed E-state index contributed by atoms with van der Waals surface area (Å²) in [6.07, 6.45) is 1.75. The number of nitrogens with zero attached hydrogens (tertiary/aromatic N) is 1. The van der Waals surface area contributed by atoms with Crippen molar-refractivity contribution in [2.24, 2.45) is 5.73 Å². The molecule has 3 atom stereocenters. The molecule has 5 rings (SSSR count). The highest BCUT2D eigenvalue weighted by Crippen LogP contribution is 2.25. The van der Waals surface area contributed by atoms with Crippen LogP contribution in [0.3, 0.4) is 0 Å². The standard InChI is InChI=1S/C35H38N4O4/c1-22-18-26(40)19-23(2)28(22)21-29(36)35(43)39-17-9-16-32(39)34(42)38-31(20-24-10-4-3-5-11-24)33(41)37-30-15-8-13-25-12-6-7-14-27(25)30/h3-8,10-15,18-19,29,31-32,40H,9,16-17,20-21,36H2,1-2H3,(H,37,41)(H,38,42). The van der Waals surface area contributed by atoms with Gasteiger partial charge in [0.15, 0.2) is 0 Å². The molecule has 0 bridgehead atoms. The molecular formula is C35H38N4O4. The van der Waals surface area contributed by atoms with Crippen molar-refractivity contribution < 1.29 is 19.5 Å². The monoisotopic (exact) mass is 578 g/mol. The molecule has 3 amide bonds. The van der Waals surface area contributed by atoms with Crippen molar-refractivity contribution in [3.63, 3.8) is 0 Å². The number of phenolic OH excluding ortho intramolecular Hbond substituents is 1. The predicted molar refractivity (Wildman–Crippen MR) is 169 cm³/mol. The summed E-state index contributed by atoms with van der Waals surface area (Å²) >= 11 is 0. The lowest BCUT2D eigenvalue weighted by Crippen LogP contribution is -2.55. The van der Waals surface area contributed by atoms with Crippen molar-refractivity contribution in [2.45, 2.75) is 57.7 Å². The lowest BCUT2D eigenvalue weighted by Gasteiger charge is -2.29. The Balaban J connectivity index is 1.32. The fourth-order valence-electron chi connectivity index (χ4n) is 6.00. The number of phenols is 1. The number of rotatable bonds is 9. The van der Waals surface area contributed by atoms with Crippen molar-refractivity contribution >= 4 is 34.2 Å². The third-order valence-electron chi connectivity index (χ3n) is 8.22. The van der Waals surface area contributed by atoms with Crippen LogP contribution >= 0.6 is 0 Å². The number of carbonyl (C=O) groups excluding carboxylic acids is 3. The van der Waals surface area contributed by atoms with Gasteiger partial charge < -0.3 is 26.4 Å². The van der Waals surface area contributed by atoms with Crippen LogP contribution in [0.15, 0.2) is 84.9 Å². The first-order valence-corrected chi connectivity index (χ1v) is 14.7. The summed E-state index contributed by atoms with van der Waals surface area (Å²) in [6.45, 7) is 4.17. The maximum absolute atomic E-state index is 13.7. The molecule has 222 valence electrons. The van der Waals surface area contributed by atoms with E-state index in [-0.39, 0.29) is 23.5 Å². The van der Waals surface area contributed by atoms with Crippen molar-refractivity contribution in [1.82, 2.24) is 10.2 Å². The molecule has 0 radical (unpaired) electrons. The molecular weight excluding hydrogens is 540 g/mol. The van der Waals surface area contributed by atoms with Crippen LogP contribution in [-0.4, -0.2) is 52.4 Å². The van der Waals surface area contributed by atoms with Gasteiger partial charge in [0.2, 0.25) is 17.7 Å². The number of carbonyl (C=O) groups is 3. The van der Waals surface area contributed by atoms with Crippen LogP contribution in [0.25, 0.3) is 10.8 Å². The van der Waals surface area contributed by atoms with Gasteiger partial charge in [0.1, 0.15) is 17.8 Å². The van der Waals surface area contributed by atoms with Gasteiger partial charge in [0.05, 0.1) is 6.04 Å². The summed E-state index contributed by atoms with van der Waals surface area (Å²) in [4.78, 5) is 42.5. The van der Waals surface area contributed by atoms with Gasteiger partial charge in [-0.05, 0) is 78.9 Å². The Bertz CT molecular complexity index is 1610. The summed E-state index contributed by atoms with van der Waals surface area (Å²) in [5, 5.41) is 17.8. The second kappa shape index (κ2) is 13.1. The number of nitrogens with one attached hydrogen (secondary N) is 2. The number of likely N-dealkylation sites (tertiary alicyclic amines) is 1. The summed E-state index contributed by atoms with van der Waals surface area (Å²) in [6, 6.07) is 23.9. The van der Waals surface area contributed by atoms with E-state index in [1.165, 1.54) is 0 Å². The molecule has 4 aromatic rings. The lowest BCUT2D eigenvalue weighted by molar-refractivity contribution is -0.140. The van der Waals surface area contributed by atoms with E-state index in [0.29, 0.717) is 37.9 Å². The number of nitrogens with two attached hydrogens (primary N) is 1. The lowest BCUT2D eigenvalue weighted by atomic mass is 9.95. The highest BCUT2D eigenvalue weighted by atomic mass is 16.3. The molecule has 3 unspecified atom stereocenters. The van der Waals surface area contributed by atoms with Crippen LogP contribution in [0, 0.1) is 13.8 Å². The van der Waals surface area contributed by atoms with Gasteiger partial charge in [-0.2, -0.15) is 0 Å². The van der Waals surface area contributed by atoms with E-state index in [2.05, 4.69) is 10.6 Å². The van der Waals surface area contributed by atoms with Gasteiger partial charge in [-0.3, -0.25) is 14.4 Å². The van der Waals surface area contributed by atoms with E-state index < -0.39 is 18.1 Å². The van der Waals surface area contributed by atoms with Crippen LogP contribution in [0.5, 0.6) is 5.75 Å². The molecule has 1 fully saturated rings. The van der Waals surface area contributed by atoms with Gasteiger partial charge in [0, 0.05) is 24.0 Å². The second-order valence-electron chi connectivity index (χ2n) is 11.3. The second-order valence-corrected chi connectivity index (χ2v) is 11.3. The SMILES string of the molecule is Cc1cc(O)cc(C)c1CC(N)C(=O)N1CCCC1C(=O)NC(Cc1ccccc1)C(=O)Nc1cccc2ccccc12. The molecule has 1 saturated heterocycles. The Hall–Kier alpha value is -4.69. The Labute approximate surface area is 251 Å². The number of anilines is 1. The molecule has 0 aliphatic carbocycles. The zero-order valence-corrected chi connectivity index (χ0v) is 24.5. The first-order chi connectivity index (χ1) is 20.7. The molecule has 0 spiro atoms. The van der Waals surface area contributed by atoms with E-state index in [9.17, 15) is 19.5 Å². The third kappa shape index (κ3) is 6.87. The predicted octanol–water partition coefficient (Wildman–Crippen LogP) is 4.39. The number of hydrogen-bond acceptors (Lipinski definition) is 5. The van der Waals surface area contributed by atoms with Crippen LogP contribution < -0.4 is 16.4 Å². The van der Waals surface area contributed by atoms with E-state index in [0.717, 1.165) is 33.0 Å². The first kappa shape index (κ1) is 29.8. The zero-order valence-electron chi connectivity index (χ0n) is 24.5. The Morgan fingerprint density at radius 2 is 1.60 bits per heavy atom. The molecule has 5 N–H and O–H groups in total. The molecule has 4 aromatic carbocycles. The Morgan fingerprint density at radius 3 is 2.35 bits per heavy atom. The quantitative estimate of drug-likeness (QED) is 0.235. The van der Waals surface area contributed by atoms with Crippen LogP contribution in [0.4, 0.5) is 5.69 Å². The molecule has 43 heavy (non-hydrogen) atoms. The maximum atomic E-state index is 13.7. The number of fused-ring (bicyclic) bond motifs is 1.